The Morgan fingerprint density at radius 2 is 1.96 bits per heavy atom. The highest BCUT2D eigenvalue weighted by atomic mass is 32.2. The number of amides is 1. The summed E-state index contributed by atoms with van der Waals surface area (Å²) in [7, 11) is -3.65. The third kappa shape index (κ3) is 3.95. The molecular formula is C16H26N2O3S2. The van der Waals surface area contributed by atoms with Gasteiger partial charge in [-0.15, -0.1) is 11.3 Å². The van der Waals surface area contributed by atoms with E-state index >= 15 is 0 Å². The molecule has 130 valence electrons. The summed E-state index contributed by atoms with van der Waals surface area (Å²) in [6.07, 6.45) is 2.77. The quantitative estimate of drug-likeness (QED) is 0.879. The molecule has 0 saturated carbocycles. The average molecular weight is 359 g/mol. The Kier molecular flexibility index (Phi) is 5.86. The Bertz CT molecular complexity index is 642. The van der Waals surface area contributed by atoms with Crippen LogP contribution in [0.3, 0.4) is 0 Å². The molecular weight excluding hydrogens is 332 g/mol. The van der Waals surface area contributed by atoms with Crippen LogP contribution in [0.4, 0.5) is 0 Å². The molecule has 1 saturated heterocycles. The molecule has 1 amide bonds. The summed E-state index contributed by atoms with van der Waals surface area (Å²) in [6, 6.07) is 1.49. The lowest BCUT2D eigenvalue weighted by Gasteiger charge is -2.37. The van der Waals surface area contributed by atoms with Crippen LogP contribution in [0.2, 0.25) is 0 Å². The third-order valence-corrected chi connectivity index (χ3v) is 7.39. The minimum atomic E-state index is -3.65. The zero-order chi connectivity index (χ0) is 17.2. The topological polar surface area (TPSA) is 66.5 Å². The number of hydrogen-bond acceptors (Lipinski definition) is 4. The van der Waals surface area contributed by atoms with Gasteiger partial charge in [-0.05, 0) is 44.1 Å². The van der Waals surface area contributed by atoms with E-state index in [1.165, 1.54) is 11.3 Å². The highest BCUT2D eigenvalue weighted by Gasteiger charge is 2.38. The molecule has 0 radical (unpaired) electrons. The van der Waals surface area contributed by atoms with Crippen LogP contribution in [0.25, 0.3) is 0 Å². The molecule has 2 atom stereocenters. The third-order valence-electron chi connectivity index (χ3n) is 4.17. The van der Waals surface area contributed by atoms with E-state index in [4.69, 9.17) is 0 Å². The predicted octanol–water partition coefficient (Wildman–Crippen LogP) is 3.09. The van der Waals surface area contributed by atoms with E-state index in [1.807, 2.05) is 27.7 Å². The standard InChI is InChI=1S/C16H26N2O3S2/c1-11(2)10-17-16(19)15-14(8-9-22-15)23(20,21)18-12(3)6-5-7-13(18)4/h8-9,11-13H,5-7,10H2,1-4H3,(H,17,19)/t12-,13-/m0/s1. The van der Waals surface area contributed by atoms with E-state index in [9.17, 15) is 13.2 Å². The highest BCUT2D eigenvalue weighted by molar-refractivity contribution is 7.89. The second kappa shape index (κ2) is 7.32. The van der Waals surface area contributed by atoms with Gasteiger partial charge in [0, 0.05) is 18.6 Å². The van der Waals surface area contributed by atoms with E-state index in [1.54, 1.807) is 15.8 Å². The Morgan fingerprint density at radius 3 is 2.52 bits per heavy atom. The van der Waals surface area contributed by atoms with Crippen molar-refractivity contribution in [2.45, 2.75) is 63.9 Å². The summed E-state index contributed by atoms with van der Waals surface area (Å²) in [5.74, 6) is 0.0192. The van der Waals surface area contributed by atoms with Crippen LogP contribution in [0.1, 0.15) is 56.6 Å². The molecule has 5 nitrogen and oxygen atoms in total. The molecule has 1 aromatic heterocycles. The van der Waals surface area contributed by atoms with E-state index in [0.717, 1.165) is 19.3 Å². The molecule has 1 aromatic rings. The first-order chi connectivity index (χ1) is 10.7. The molecule has 1 fully saturated rings. The van der Waals surface area contributed by atoms with Gasteiger partial charge in [-0.2, -0.15) is 4.31 Å². The number of nitrogens with one attached hydrogen (secondary N) is 1. The molecule has 2 rings (SSSR count). The van der Waals surface area contributed by atoms with Crippen molar-refractivity contribution in [2.75, 3.05) is 6.54 Å². The van der Waals surface area contributed by atoms with Crippen molar-refractivity contribution in [2.24, 2.45) is 5.92 Å². The van der Waals surface area contributed by atoms with Gasteiger partial charge >= 0.3 is 0 Å². The van der Waals surface area contributed by atoms with Crippen LogP contribution in [0.5, 0.6) is 0 Å². The van der Waals surface area contributed by atoms with Gasteiger partial charge in [0.25, 0.3) is 5.91 Å². The van der Waals surface area contributed by atoms with Crippen LogP contribution in [-0.4, -0.2) is 37.3 Å². The normalized spacial score (nSPS) is 23.2. The largest absolute Gasteiger partial charge is 0.351 e. The van der Waals surface area contributed by atoms with E-state index < -0.39 is 10.0 Å². The number of piperidine rings is 1. The van der Waals surface area contributed by atoms with Crippen LogP contribution >= 0.6 is 11.3 Å². The van der Waals surface area contributed by atoms with Gasteiger partial charge in [0.2, 0.25) is 10.0 Å². The van der Waals surface area contributed by atoms with Crippen LogP contribution in [0, 0.1) is 5.92 Å². The zero-order valence-corrected chi connectivity index (χ0v) is 15.8. The number of sulfonamides is 1. The smallest absolute Gasteiger partial charge is 0.262 e. The minimum absolute atomic E-state index is 0.0322. The Morgan fingerprint density at radius 1 is 1.35 bits per heavy atom. The lowest BCUT2D eigenvalue weighted by Crippen LogP contribution is -2.47. The van der Waals surface area contributed by atoms with Gasteiger partial charge in [0.05, 0.1) is 0 Å². The van der Waals surface area contributed by atoms with Crippen molar-refractivity contribution >= 4 is 27.3 Å². The monoisotopic (exact) mass is 358 g/mol. The summed E-state index contributed by atoms with van der Waals surface area (Å²) < 4.78 is 27.8. The second-order valence-corrected chi connectivity index (χ2v) is 9.41. The van der Waals surface area contributed by atoms with Crippen molar-refractivity contribution in [3.63, 3.8) is 0 Å². The van der Waals surface area contributed by atoms with Gasteiger partial charge < -0.3 is 5.32 Å². The second-order valence-electron chi connectivity index (χ2n) is 6.68. The molecule has 0 spiro atoms. The Labute approximate surface area is 143 Å². The predicted molar refractivity (Wildman–Crippen MR) is 93.3 cm³/mol. The molecule has 0 aromatic carbocycles. The summed E-state index contributed by atoms with van der Waals surface area (Å²) in [5, 5.41) is 4.49. The first kappa shape index (κ1) is 18.4. The molecule has 2 heterocycles. The maximum atomic E-state index is 13.1. The molecule has 1 aliphatic rings. The lowest BCUT2D eigenvalue weighted by molar-refractivity contribution is 0.0949. The fourth-order valence-electron chi connectivity index (χ4n) is 3.03. The average Bonchev–Trinajstić information content (AvgIpc) is 2.94. The molecule has 23 heavy (non-hydrogen) atoms. The Balaban J connectivity index is 2.31. The van der Waals surface area contributed by atoms with Gasteiger partial charge in [-0.25, -0.2) is 8.42 Å². The summed E-state index contributed by atoms with van der Waals surface area (Å²) >= 11 is 1.18. The van der Waals surface area contributed by atoms with Crippen molar-refractivity contribution in [1.29, 1.82) is 0 Å². The lowest BCUT2D eigenvalue weighted by atomic mass is 10.0. The minimum Gasteiger partial charge on any atom is -0.351 e. The Hall–Kier alpha value is -0.920. The fourth-order valence-corrected chi connectivity index (χ4v) is 6.23. The molecule has 0 aliphatic carbocycles. The molecule has 7 heteroatoms. The van der Waals surface area contributed by atoms with E-state index in [-0.39, 0.29) is 27.8 Å². The SMILES string of the molecule is CC(C)CNC(=O)c1sccc1S(=O)(=O)N1[C@@H](C)CCC[C@@H]1C. The number of nitrogens with zero attached hydrogens (tertiary/aromatic N) is 1. The van der Waals surface area contributed by atoms with Gasteiger partial charge in [-0.1, -0.05) is 20.3 Å². The van der Waals surface area contributed by atoms with Gasteiger partial charge in [-0.3, -0.25) is 4.79 Å². The number of thiophene rings is 1. The zero-order valence-electron chi connectivity index (χ0n) is 14.2. The van der Waals surface area contributed by atoms with E-state index in [2.05, 4.69) is 5.32 Å². The first-order valence-corrected chi connectivity index (χ1v) is 10.5. The van der Waals surface area contributed by atoms with Crippen LogP contribution in [0.15, 0.2) is 16.3 Å². The molecule has 0 bridgehead atoms. The summed E-state index contributed by atoms with van der Waals surface area (Å²) in [4.78, 5) is 12.8. The van der Waals surface area contributed by atoms with Crippen molar-refractivity contribution in [1.82, 2.24) is 9.62 Å². The van der Waals surface area contributed by atoms with Crippen molar-refractivity contribution < 1.29 is 13.2 Å². The number of carbonyl (C=O) groups is 1. The van der Waals surface area contributed by atoms with Gasteiger partial charge in [0.1, 0.15) is 9.77 Å². The number of hydrogen-bond donors (Lipinski definition) is 1. The van der Waals surface area contributed by atoms with Crippen LogP contribution in [-0.2, 0) is 10.0 Å². The number of carbonyl (C=O) groups excluding carboxylic acids is 1. The summed E-state index contributed by atoms with van der Waals surface area (Å²) in [6.45, 7) is 8.43. The van der Waals surface area contributed by atoms with Crippen molar-refractivity contribution in [3.05, 3.63) is 16.3 Å². The van der Waals surface area contributed by atoms with Crippen molar-refractivity contribution in [3.8, 4) is 0 Å². The molecule has 1 N–H and O–H groups in total. The molecule has 1 aliphatic heterocycles. The maximum absolute atomic E-state index is 13.1. The fraction of sp³-hybridized carbons (Fsp3) is 0.688. The number of rotatable bonds is 5. The molecule has 0 unspecified atom stereocenters. The highest BCUT2D eigenvalue weighted by Crippen LogP contribution is 2.32. The van der Waals surface area contributed by atoms with Crippen LogP contribution < -0.4 is 5.32 Å². The summed E-state index contributed by atoms with van der Waals surface area (Å²) in [5.41, 5.74) is 0. The first-order valence-electron chi connectivity index (χ1n) is 8.14. The van der Waals surface area contributed by atoms with E-state index in [0.29, 0.717) is 12.5 Å². The maximum Gasteiger partial charge on any atom is 0.262 e. The van der Waals surface area contributed by atoms with Gasteiger partial charge in [0.15, 0.2) is 0 Å².